The van der Waals surface area contributed by atoms with E-state index in [4.69, 9.17) is 0 Å². The van der Waals surface area contributed by atoms with E-state index in [1.165, 1.54) is 5.57 Å². The van der Waals surface area contributed by atoms with Crippen molar-refractivity contribution in [1.29, 1.82) is 0 Å². The van der Waals surface area contributed by atoms with Crippen LogP contribution < -0.4 is 0 Å². The van der Waals surface area contributed by atoms with Gasteiger partial charge in [-0.1, -0.05) is 52.0 Å². The topological polar surface area (TPSA) is 0 Å². The molecule has 10 heavy (non-hydrogen) atoms. The molecule has 56 valence electrons. The van der Waals surface area contributed by atoms with E-state index in [0.717, 1.165) is 0 Å². The summed E-state index contributed by atoms with van der Waals surface area (Å²) in [6.45, 7) is 12.9. The van der Waals surface area contributed by atoms with Gasteiger partial charge in [-0.15, -0.1) is 0 Å². The van der Waals surface area contributed by atoms with Crippen molar-refractivity contribution in [2.24, 2.45) is 10.8 Å². The van der Waals surface area contributed by atoms with E-state index < -0.39 is 0 Å². The Balaban J connectivity index is 3.00. The molecule has 0 aromatic rings. The van der Waals surface area contributed by atoms with Crippen molar-refractivity contribution in [3.05, 3.63) is 24.3 Å². The Kier molecular flexibility index (Phi) is 1.33. The van der Waals surface area contributed by atoms with Crippen LogP contribution in [0.25, 0.3) is 0 Å². The van der Waals surface area contributed by atoms with Crippen LogP contribution in [-0.4, -0.2) is 0 Å². The Labute approximate surface area is 63.6 Å². The molecule has 0 heterocycles. The summed E-state index contributed by atoms with van der Waals surface area (Å²) in [6.07, 6.45) is 4.49. The Hall–Kier alpha value is -0.520. The van der Waals surface area contributed by atoms with Gasteiger partial charge in [-0.2, -0.15) is 0 Å². The van der Waals surface area contributed by atoms with E-state index >= 15 is 0 Å². The lowest BCUT2D eigenvalue weighted by atomic mass is 9.78. The molecule has 0 bridgehead atoms. The molecule has 0 saturated heterocycles. The third-order valence-corrected chi connectivity index (χ3v) is 2.47. The number of rotatable bonds is 0. The molecule has 0 nitrogen and oxygen atoms in total. The Morgan fingerprint density at radius 3 is 1.40 bits per heavy atom. The highest BCUT2D eigenvalue weighted by molar-refractivity contribution is 5.34. The van der Waals surface area contributed by atoms with E-state index in [1.54, 1.807) is 0 Å². The van der Waals surface area contributed by atoms with Crippen molar-refractivity contribution >= 4 is 0 Å². The summed E-state index contributed by atoms with van der Waals surface area (Å²) < 4.78 is 0. The maximum atomic E-state index is 4.10. The third-order valence-electron chi connectivity index (χ3n) is 2.47. The van der Waals surface area contributed by atoms with Crippen molar-refractivity contribution in [3.8, 4) is 0 Å². The molecule has 1 rings (SSSR count). The zero-order valence-corrected chi connectivity index (χ0v) is 7.36. The molecular formula is C10H16. The second kappa shape index (κ2) is 1.75. The molecule has 0 aromatic heterocycles. The second-order valence-corrected chi connectivity index (χ2v) is 4.26. The summed E-state index contributed by atoms with van der Waals surface area (Å²) in [4.78, 5) is 0. The first-order chi connectivity index (χ1) is 4.36. The molecular weight excluding hydrogens is 120 g/mol. The fourth-order valence-corrected chi connectivity index (χ4v) is 1.45. The molecule has 0 spiro atoms. The fraction of sp³-hybridized carbons (Fsp3) is 0.600. The summed E-state index contributed by atoms with van der Waals surface area (Å²) in [5.74, 6) is 0. The van der Waals surface area contributed by atoms with Gasteiger partial charge in [0, 0.05) is 10.8 Å². The first-order valence-corrected chi connectivity index (χ1v) is 3.76. The molecule has 0 atom stereocenters. The van der Waals surface area contributed by atoms with E-state index in [2.05, 4.69) is 46.4 Å². The summed E-state index contributed by atoms with van der Waals surface area (Å²) >= 11 is 0. The highest BCUT2D eigenvalue weighted by Crippen LogP contribution is 2.46. The van der Waals surface area contributed by atoms with E-state index in [0.29, 0.717) is 0 Å². The van der Waals surface area contributed by atoms with Crippen LogP contribution in [0.5, 0.6) is 0 Å². The highest BCUT2D eigenvalue weighted by atomic mass is 14.4. The fourth-order valence-electron chi connectivity index (χ4n) is 1.45. The van der Waals surface area contributed by atoms with Crippen LogP contribution >= 0.6 is 0 Å². The van der Waals surface area contributed by atoms with Gasteiger partial charge in [0.1, 0.15) is 0 Å². The van der Waals surface area contributed by atoms with E-state index in [9.17, 15) is 0 Å². The Bertz CT molecular complexity index is 172. The van der Waals surface area contributed by atoms with Gasteiger partial charge in [0.25, 0.3) is 0 Å². The molecule has 0 saturated carbocycles. The van der Waals surface area contributed by atoms with Crippen molar-refractivity contribution in [1.82, 2.24) is 0 Å². The van der Waals surface area contributed by atoms with Gasteiger partial charge in [0.15, 0.2) is 0 Å². The molecule has 0 aromatic carbocycles. The van der Waals surface area contributed by atoms with Crippen LogP contribution in [0.1, 0.15) is 27.7 Å². The minimum absolute atomic E-state index is 0.212. The quantitative estimate of drug-likeness (QED) is 0.449. The second-order valence-electron chi connectivity index (χ2n) is 4.26. The van der Waals surface area contributed by atoms with Gasteiger partial charge in [-0.3, -0.25) is 0 Å². The smallest absolute Gasteiger partial charge is 0.00403 e. The Morgan fingerprint density at radius 1 is 1.00 bits per heavy atom. The van der Waals surface area contributed by atoms with Gasteiger partial charge in [-0.05, 0) is 0 Å². The lowest BCUT2D eigenvalue weighted by molar-refractivity contribution is 0.481. The predicted molar refractivity (Wildman–Crippen MR) is 45.8 cm³/mol. The summed E-state index contributed by atoms with van der Waals surface area (Å²) in [5.41, 5.74) is 1.74. The maximum Gasteiger partial charge on any atom is 0.00403 e. The largest absolute Gasteiger partial charge is 0.0981 e. The molecule has 1 aliphatic carbocycles. The number of hydrogen-bond acceptors (Lipinski definition) is 0. The van der Waals surface area contributed by atoms with Gasteiger partial charge >= 0.3 is 0 Å². The molecule has 0 N–H and O–H groups in total. The van der Waals surface area contributed by atoms with Gasteiger partial charge in [0.05, 0.1) is 0 Å². The maximum absolute atomic E-state index is 4.10. The van der Waals surface area contributed by atoms with Gasteiger partial charge in [-0.25, -0.2) is 0 Å². The zero-order chi connectivity index (χ0) is 7.99. The average molecular weight is 136 g/mol. The normalized spacial score (nSPS) is 27.4. The summed E-state index contributed by atoms with van der Waals surface area (Å²) in [5, 5.41) is 0. The van der Waals surface area contributed by atoms with Crippen molar-refractivity contribution in [3.63, 3.8) is 0 Å². The van der Waals surface area contributed by atoms with Crippen molar-refractivity contribution < 1.29 is 0 Å². The summed E-state index contributed by atoms with van der Waals surface area (Å²) in [7, 11) is 0. The molecule has 0 aliphatic heterocycles. The minimum atomic E-state index is 0.212. The van der Waals surface area contributed by atoms with Gasteiger partial charge < -0.3 is 0 Å². The zero-order valence-electron chi connectivity index (χ0n) is 7.36. The van der Waals surface area contributed by atoms with Crippen LogP contribution in [-0.2, 0) is 0 Å². The average Bonchev–Trinajstić information content (AvgIpc) is 1.95. The lowest BCUT2D eigenvalue weighted by Gasteiger charge is -2.26. The molecule has 0 fully saturated rings. The summed E-state index contributed by atoms with van der Waals surface area (Å²) in [6, 6.07) is 0. The highest BCUT2D eigenvalue weighted by Gasteiger charge is 2.34. The predicted octanol–water partition coefficient (Wildman–Crippen LogP) is 3.16. The first-order valence-electron chi connectivity index (χ1n) is 3.76. The first kappa shape index (κ1) is 7.59. The molecule has 0 radical (unpaired) electrons. The van der Waals surface area contributed by atoms with Crippen LogP contribution in [0.3, 0.4) is 0 Å². The van der Waals surface area contributed by atoms with E-state index in [1.807, 2.05) is 0 Å². The van der Waals surface area contributed by atoms with Crippen LogP contribution in [0.15, 0.2) is 24.3 Å². The molecule has 1 aliphatic rings. The minimum Gasteiger partial charge on any atom is -0.0981 e. The van der Waals surface area contributed by atoms with Gasteiger partial charge in [0.2, 0.25) is 0 Å². The SMILES string of the molecule is C=C1C(C)(C)C=CC1(C)C. The standard InChI is InChI=1S/C10H16/c1-8-9(2,3)6-7-10(8,4)5/h6-7H,1H2,2-5H3. The van der Waals surface area contributed by atoms with Crippen molar-refractivity contribution in [2.45, 2.75) is 27.7 Å². The Morgan fingerprint density at radius 2 is 1.30 bits per heavy atom. The van der Waals surface area contributed by atoms with Crippen LogP contribution in [0, 0.1) is 10.8 Å². The lowest BCUT2D eigenvalue weighted by Crippen LogP contribution is -2.15. The molecule has 0 amide bonds. The molecule has 0 unspecified atom stereocenters. The third kappa shape index (κ3) is 0.920. The van der Waals surface area contributed by atoms with Crippen LogP contribution in [0.4, 0.5) is 0 Å². The monoisotopic (exact) mass is 136 g/mol. The van der Waals surface area contributed by atoms with Crippen LogP contribution in [0.2, 0.25) is 0 Å². The van der Waals surface area contributed by atoms with Crippen molar-refractivity contribution in [2.75, 3.05) is 0 Å². The number of hydrogen-bond donors (Lipinski definition) is 0. The number of allylic oxidation sites excluding steroid dienone is 3. The van der Waals surface area contributed by atoms with E-state index in [-0.39, 0.29) is 10.8 Å². The molecule has 0 heteroatoms.